The Morgan fingerprint density at radius 3 is 1.69 bits per heavy atom. The van der Waals surface area contributed by atoms with Crippen molar-refractivity contribution >= 4 is 35.0 Å². The third kappa shape index (κ3) is 8.73. The van der Waals surface area contributed by atoms with Crippen LogP contribution in [0.15, 0.2) is 23.3 Å². The summed E-state index contributed by atoms with van der Waals surface area (Å²) in [6.07, 6.45) is 4.34. The Labute approximate surface area is 95.4 Å². The molecule has 0 fully saturated rings. The Morgan fingerprint density at radius 2 is 1.38 bits per heavy atom. The van der Waals surface area contributed by atoms with Gasteiger partial charge in [-0.15, -0.1) is 23.2 Å². The molecule has 0 amide bonds. The lowest BCUT2D eigenvalue weighted by atomic mass is 10.3. The lowest BCUT2D eigenvalue weighted by Crippen LogP contribution is -1.83. The average Bonchev–Trinajstić information content (AvgIpc) is 2.16. The van der Waals surface area contributed by atoms with Gasteiger partial charge in [-0.25, -0.2) is 0 Å². The number of alkyl halides is 2. The quantitative estimate of drug-likeness (QED) is 0.382. The van der Waals surface area contributed by atoms with E-state index in [9.17, 15) is 0 Å². The lowest BCUT2D eigenvalue weighted by molar-refractivity contribution is 1.37. The lowest BCUT2D eigenvalue weighted by Gasteiger charge is -1.96. The van der Waals surface area contributed by atoms with Crippen LogP contribution in [0.5, 0.6) is 0 Å². The zero-order valence-electron chi connectivity index (χ0n) is 8.15. The highest BCUT2D eigenvalue weighted by Crippen LogP contribution is 2.06. The predicted octanol–water partition coefficient (Wildman–Crippen LogP) is 4.09. The van der Waals surface area contributed by atoms with Gasteiger partial charge in [0.05, 0.1) is 0 Å². The molecule has 0 saturated carbocycles. The molecule has 0 heterocycles. The topological polar surface area (TPSA) is 0 Å². The van der Waals surface area contributed by atoms with Crippen LogP contribution in [0.3, 0.4) is 0 Å². The van der Waals surface area contributed by atoms with Crippen LogP contribution in [0.2, 0.25) is 0 Å². The maximum absolute atomic E-state index is 5.63. The summed E-state index contributed by atoms with van der Waals surface area (Å²) in [4.78, 5) is 0. The molecule has 0 spiro atoms. The monoisotopic (exact) mass is 238 g/mol. The molecule has 0 aliphatic carbocycles. The van der Waals surface area contributed by atoms with Crippen LogP contribution >= 0.6 is 35.0 Å². The molecule has 0 aromatic rings. The number of allylic oxidation sites excluding steroid dienone is 2. The van der Waals surface area contributed by atoms with Gasteiger partial charge in [0.2, 0.25) is 0 Å². The smallest absolute Gasteiger partial charge is 0.0431 e. The van der Waals surface area contributed by atoms with E-state index in [1.165, 1.54) is 11.1 Å². The van der Waals surface area contributed by atoms with Gasteiger partial charge in [-0.05, 0) is 13.8 Å². The molecule has 0 nitrogen and oxygen atoms in total. The van der Waals surface area contributed by atoms with Crippen LogP contribution < -0.4 is 0 Å². The van der Waals surface area contributed by atoms with Gasteiger partial charge in [0, 0.05) is 23.3 Å². The Hall–Kier alpha value is 0.410. The molecule has 0 aromatic carbocycles. The van der Waals surface area contributed by atoms with Gasteiger partial charge in [0.15, 0.2) is 0 Å². The molecule has 76 valence electrons. The van der Waals surface area contributed by atoms with Crippen LogP contribution in [0.4, 0.5) is 0 Å². The summed E-state index contributed by atoms with van der Waals surface area (Å²) in [7, 11) is 0. The molecular formula is C10H16Cl2S. The average molecular weight is 239 g/mol. The largest absolute Gasteiger partial charge is 0.154 e. The van der Waals surface area contributed by atoms with Crippen molar-refractivity contribution in [2.45, 2.75) is 13.8 Å². The van der Waals surface area contributed by atoms with Crippen molar-refractivity contribution in [3.8, 4) is 0 Å². The van der Waals surface area contributed by atoms with Gasteiger partial charge < -0.3 is 0 Å². The van der Waals surface area contributed by atoms with E-state index in [0.29, 0.717) is 11.8 Å². The molecule has 0 radical (unpaired) electrons. The fourth-order valence-corrected chi connectivity index (χ4v) is 1.74. The van der Waals surface area contributed by atoms with Crippen molar-refractivity contribution in [3.05, 3.63) is 23.3 Å². The summed E-state index contributed by atoms with van der Waals surface area (Å²) < 4.78 is 0. The second-order valence-electron chi connectivity index (χ2n) is 2.91. The highest BCUT2D eigenvalue weighted by atomic mass is 35.5. The minimum Gasteiger partial charge on any atom is -0.154 e. The summed E-state index contributed by atoms with van der Waals surface area (Å²) in [5.74, 6) is 3.34. The SMILES string of the molecule is CC(=CCSCC=C(C)CCl)CCl. The normalized spacial score (nSPS) is 13.5. The molecule has 0 unspecified atom stereocenters. The van der Waals surface area contributed by atoms with Gasteiger partial charge in [0.1, 0.15) is 0 Å². The molecule has 0 aromatic heterocycles. The minimum absolute atomic E-state index is 0.636. The summed E-state index contributed by atoms with van der Waals surface area (Å²) in [5.41, 5.74) is 2.49. The van der Waals surface area contributed by atoms with Crippen molar-refractivity contribution < 1.29 is 0 Å². The number of hydrogen-bond acceptors (Lipinski definition) is 1. The van der Waals surface area contributed by atoms with Gasteiger partial charge in [-0.3, -0.25) is 0 Å². The van der Waals surface area contributed by atoms with Crippen molar-refractivity contribution in [2.24, 2.45) is 0 Å². The van der Waals surface area contributed by atoms with Crippen LogP contribution in [-0.4, -0.2) is 23.3 Å². The van der Waals surface area contributed by atoms with E-state index in [2.05, 4.69) is 12.2 Å². The standard InChI is InChI=1S/C10H16Cl2S/c1-9(7-11)3-5-13-6-4-10(2)8-12/h3-4H,5-8H2,1-2H3. The van der Waals surface area contributed by atoms with E-state index in [4.69, 9.17) is 23.2 Å². The predicted molar refractivity (Wildman–Crippen MR) is 66.3 cm³/mol. The summed E-state index contributed by atoms with van der Waals surface area (Å²) in [6, 6.07) is 0. The molecule has 0 aliphatic rings. The second kappa shape index (κ2) is 8.98. The Bertz CT molecular complexity index is 165. The van der Waals surface area contributed by atoms with Crippen LogP contribution in [-0.2, 0) is 0 Å². The van der Waals surface area contributed by atoms with Crippen molar-refractivity contribution in [1.82, 2.24) is 0 Å². The number of hydrogen-bond donors (Lipinski definition) is 0. The van der Waals surface area contributed by atoms with Gasteiger partial charge in [0.25, 0.3) is 0 Å². The Morgan fingerprint density at radius 1 is 1.00 bits per heavy atom. The molecule has 0 aliphatic heterocycles. The first-order valence-electron chi connectivity index (χ1n) is 4.21. The van der Waals surface area contributed by atoms with Crippen LogP contribution in [0.25, 0.3) is 0 Å². The highest BCUT2D eigenvalue weighted by Gasteiger charge is 1.87. The van der Waals surface area contributed by atoms with E-state index < -0.39 is 0 Å². The zero-order valence-corrected chi connectivity index (χ0v) is 10.5. The van der Waals surface area contributed by atoms with Gasteiger partial charge in [-0.1, -0.05) is 23.3 Å². The Balaban J connectivity index is 3.47. The van der Waals surface area contributed by atoms with E-state index in [1.807, 2.05) is 25.6 Å². The van der Waals surface area contributed by atoms with Crippen LogP contribution in [0.1, 0.15) is 13.8 Å². The third-order valence-electron chi connectivity index (χ3n) is 1.52. The molecule has 3 heteroatoms. The first kappa shape index (κ1) is 13.4. The summed E-state index contributed by atoms with van der Waals surface area (Å²) in [5, 5.41) is 0. The number of halogens is 2. The highest BCUT2D eigenvalue weighted by molar-refractivity contribution is 7.99. The molecule has 0 N–H and O–H groups in total. The second-order valence-corrected chi connectivity index (χ2v) is 4.52. The molecule has 0 atom stereocenters. The summed E-state index contributed by atoms with van der Waals surface area (Å²) in [6.45, 7) is 4.10. The van der Waals surface area contributed by atoms with Crippen molar-refractivity contribution in [2.75, 3.05) is 23.3 Å². The minimum atomic E-state index is 0.636. The van der Waals surface area contributed by atoms with Crippen molar-refractivity contribution in [3.63, 3.8) is 0 Å². The van der Waals surface area contributed by atoms with E-state index >= 15 is 0 Å². The van der Waals surface area contributed by atoms with E-state index in [0.717, 1.165) is 11.5 Å². The number of thioether (sulfide) groups is 1. The summed E-state index contributed by atoms with van der Waals surface area (Å²) >= 11 is 13.1. The van der Waals surface area contributed by atoms with Gasteiger partial charge in [-0.2, -0.15) is 11.8 Å². The first-order chi connectivity index (χ1) is 6.20. The van der Waals surface area contributed by atoms with Gasteiger partial charge >= 0.3 is 0 Å². The number of rotatable bonds is 6. The van der Waals surface area contributed by atoms with E-state index in [-0.39, 0.29) is 0 Å². The molecule has 0 saturated heterocycles. The third-order valence-corrected chi connectivity index (χ3v) is 3.17. The van der Waals surface area contributed by atoms with Crippen LogP contribution in [0, 0.1) is 0 Å². The zero-order chi connectivity index (χ0) is 10.1. The molecule has 0 bridgehead atoms. The van der Waals surface area contributed by atoms with E-state index in [1.54, 1.807) is 0 Å². The molecular weight excluding hydrogens is 223 g/mol. The fraction of sp³-hybridized carbons (Fsp3) is 0.600. The Kier molecular flexibility index (Phi) is 9.27. The maximum atomic E-state index is 5.63. The molecule has 13 heavy (non-hydrogen) atoms. The van der Waals surface area contributed by atoms with Crippen molar-refractivity contribution in [1.29, 1.82) is 0 Å². The first-order valence-corrected chi connectivity index (χ1v) is 6.44. The maximum Gasteiger partial charge on any atom is 0.0431 e. The fourth-order valence-electron chi connectivity index (χ4n) is 0.580. The molecule has 0 rings (SSSR count).